The highest BCUT2D eigenvalue weighted by Crippen LogP contribution is 2.20. The summed E-state index contributed by atoms with van der Waals surface area (Å²) in [5.74, 6) is -0.338. The summed E-state index contributed by atoms with van der Waals surface area (Å²) in [6, 6.07) is 1.63. The first-order valence-electron chi connectivity index (χ1n) is 8.25. The molecular formula is C17H22N2O3. The van der Waals surface area contributed by atoms with Crippen LogP contribution in [0.3, 0.4) is 0 Å². The van der Waals surface area contributed by atoms with Crippen LogP contribution in [0.5, 0.6) is 0 Å². The molecule has 1 fully saturated rings. The van der Waals surface area contributed by atoms with Gasteiger partial charge in [-0.1, -0.05) is 25.7 Å². The Morgan fingerprint density at radius 3 is 2.50 bits per heavy atom. The molecule has 0 bridgehead atoms. The van der Waals surface area contributed by atoms with Crippen molar-refractivity contribution < 1.29 is 9.59 Å². The van der Waals surface area contributed by atoms with Gasteiger partial charge in [-0.2, -0.15) is 0 Å². The number of carbonyl (C=O) groups is 2. The molecular weight excluding hydrogens is 280 g/mol. The molecule has 0 radical (unpaired) electrons. The Morgan fingerprint density at radius 1 is 1.05 bits per heavy atom. The molecule has 1 aromatic rings. The first-order valence-corrected chi connectivity index (χ1v) is 8.25. The smallest absolute Gasteiger partial charge is 0.261 e. The van der Waals surface area contributed by atoms with Crippen molar-refractivity contribution in [1.82, 2.24) is 10.3 Å². The number of fused-ring (bicyclic) bond motifs is 1. The Kier molecular flexibility index (Phi) is 4.41. The lowest BCUT2D eigenvalue weighted by molar-refractivity contribution is 0.0931. The maximum atomic E-state index is 12.4. The second-order valence-corrected chi connectivity index (χ2v) is 6.34. The van der Waals surface area contributed by atoms with E-state index in [1.54, 1.807) is 0 Å². The van der Waals surface area contributed by atoms with E-state index < -0.39 is 0 Å². The van der Waals surface area contributed by atoms with E-state index in [4.69, 9.17) is 0 Å². The molecule has 0 atom stereocenters. The number of aromatic nitrogens is 1. The van der Waals surface area contributed by atoms with Crippen LogP contribution in [-0.4, -0.2) is 22.7 Å². The number of Topliss-reactive ketones (excluding diaryl/α,β-unsaturated/α-hetero) is 1. The van der Waals surface area contributed by atoms with Gasteiger partial charge in [0.25, 0.3) is 11.5 Å². The second kappa shape index (κ2) is 6.46. The summed E-state index contributed by atoms with van der Waals surface area (Å²) in [6.45, 7) is 0. The molecule has 2 N–H and O–H groups in total. The Hall–Kier alpha value is -1.91. The predicted molar refractivity (Wildman–Crippen MR) is 83.3 cm³/mol. The van der Waals surface area contributed by atoms with E-state index >= 15 is 0 Å². The Bertz CT molecular complexity index is 640. The van der Waals surface area contributed by atoms with Gasteiger partial charge in [-0.15, -0.1) is 0 Å². The van der Waals surface area contributed by atoms with Gasteiger partial charge < -0.3 is 10.3 Å². The molecule has 0 unspecified atom stereocenters. The molecule has 1 saturated carbocycles. The number of H-pyrrole nitrogens is 1. The lowest BCUT2D eigenvalue weighted by Gasteiger charge is -2.18. The van der Waals surface area contributed by atoms with Gasteiger partial charge in [0.05, 0.1) is 0 Å². The average molecular weight is 302 g/mol. The molecule has 5 heteroatoms. The van der Waals surface area contributed by atoms with Crippen molar-refractivity contribution >= 4 is 11.7 Å². The molecule has 0 saturated heterocycles. The first-order chi connectivity index (χ1) is 10.6. The zero-order valence-corrected chi connectivity index (χ0v) is 12.7. The SMILES string of the molecule is O=C1CCCc2[nH]c(=O)c(C(=O)NC3CCCCCC3)cc21. The minimum atomic E-state index is -0.389. The topological polar surface area (TPSA) is 79.0 Å². The number of aryl methyl sites for hydroxylation is 1. The van der Waals surface area contributed by atoms with Gasteiger partial charge in [0.2, 0.25) is 0 Å². The summed E-state index contributed by atoms with van der Waals surface area (Å²) in [7, 11) is 0. The highest BCUT2D eigenvalue weighted by atomic mass is 16.2. The number of rotatable bonds is 2. The molecule has 1 amide bonds. The molecule has 5 nitrogen and oxygen atoms in total. The van der Waals surface area contributed by atoms with Gasteiger partial charge in [-0.05, 0) is 31.7 Å². The summed E-state index contributed by atoms with van der Waals surface area (Å²) in [4.78, 5) is 39.2. The van der Waals surface area contributed by atoms with Crippen LogP contribution in [0.15, 0.2) is 10.9 Å². The van der Waals surface area contributed by atoms with E-state index in [1.165, 1.54) is 18.9 Å². The third-order valence-corrected chi connectivity index (χ3v) is 4.69. The number of ketones is 1. The van der Waals surface area contributed by atoms with Crippen molar-refractivity contribution in [3.63, 3.8) is 0 Å². The third kappa shape index (κ3) is 3.13. The van der Waals surface area contributed by atoms with Gasteiger partial charge >= 0.3 is 0 Å². The van der Waals surface area contributed by atoms with Crippen molar-refractivity contribution in [2.24, 2.45) is 0 Å². The monoisotopic (exact) mass is 302 g/mol. The van der Waals surface area contributed by atoms with Crippen LogP contribution in [0.2, 0.25) is 0 Å². The zero-order valence-electron chi connectivity index (χ0n) is 12.7. The van der Waals surface area contributed by atoms with Crippen LogP contribution >= 0.6 is 0 Å². The van der Waals surface area contributed by atoms with Crippen molar-refractivity contribution in [2.45, 2.75) is 63.8 Å². The number of hydrogen-bond acceptors (Lipinski definition) is 3. The van der Waals surface area contributed by atoms with Crippen LogP contribution in [0.4, 0.5) is 0 Å². The second-order valence-electron chi connectivity index (χ2n) is 6.34. The molecule has 1 heterocycles. The average Bonchev–Trinajstić information content (AvgIpc) is 2.75. The van der Waals surface area contributed by atoms with E-state index in [1.807, 2.05) is 0 Å². The maximum Gasteiger partial charge on any atom is 0.261 e. The molecule has 3 rings (SSSR count). The van der Waals surface area contributed by atoms with Crippen LogP contribution in [0.1, 0.15) is 77.8 Å². The van der Waals surface area contributed by atoms with E-state index in [9.17, 15) is 14.4 Å². The first kappa shape index (κ1) is 15.0. The Balaban J connectivity index is 1.81. The minimum Gasteiger partial charge on any atom is -0.349 e. The third-order valence-electron chi connectivity index (χ3n) is 4.69. The largest absolute Gasteiger partial charge is 0.349 e. The summed E-state index contributed by atoms with van der Waals surface area (Å²) >= 11 is 0. The van der Waals surface area contributed by atoms with Crippen molar-refractivity contribution in [3.05, 3.63) is 33.2 Å². The fraction of sp³-hybridized carbons (Fsp3) is 0.588. The van der Waals surface area contributed by atoms with Crippen LogP contribution in [0, 0.1) is 0 Å². The van der Waals surface area contributed by atoms with Crippen LogP contribution in [0.25, 0.3) is 0 Å². The van der Waals surface area contributed by atoms with Crippen LogP contribution < -0.4 is 10.9 Å². The van der Waals surface area contributed by atoms with Gasteiger partial charge in [-0.25, -0.2) is 0 Å². The summed E-state index contributed by atoms with van der Waals surface area (Å²) < 4.78 is 0. The minimum absolute atomic E-state index is 0.0148. The van der Waals surface area contributed by atoms with Crippen molar-refractivity contribution in [3.8, 4) is 0 Å². The van der Waals surface area contributed by atoms with Crippen molar-refractivity contribution in [2.75, 3.05) is 0 Å². The van der Waals surface area contributed by atoms with Gasteiger partial charge in [-0.3, -0.25) is 14.4 Å². The van der Waals surface area contributed by atoms with Gasteiger partial charge in [0, 0.05) is 23.7 Å². The number of carbonyl (C=O) groups excluding carboxylic acids is 2. The van der Waals surface area contributed by atoms with E-state index in [0.29, 0.717) is 24.1 Å². The number of amides is 1. The molecule has 0 aliphatic heterocycles. The predicted octanol–water partition coefficient (Wildman–Crippen LogP) is 2.35. The molecule has 0 spiro atoms. The highest BCUT2D eigenvalue weighted by Gasteiger charge is 2.23. The number of nitrogens with one attached hydrogen (secondary N) is 2. The highest BCUT2D eigenvalue weighted by molar-refractivity contribution is 6.01. The van der Waals surface area contributed by atoms with Crippen molar-refractivity contribution in [1.29, 1.82) is 0 Å². The summed E-state index contributed by atoms with van der Waals surface area (Å²) in [5.41, 5.74) is 0.863. The zero-order chi connectivity index (χ0) is 15.5. The standard InChI is InChI=1S/C17H22N2O3/c20-15-9-5-8-14-12(15)10-13(17(22)19-14)16(21)18-11-6-3-1-2-4-7-11/h10-11H,1-9H2,(H,18,21)(H,19,22). The fourth-order valence-corrected chi connectivity index (χ4v) is 3.43. The van der Waals surface area contributed by atoms with Gasteiger partial charge in [0.15, 0.2) is 5.78 Å². The number of pyridine rings is 1. The van der Waals surface area contributed by atoms with E-state index in [2.05, 4.69) is 10.3 Å². The summed E-state index contributed by atoms with van der Waals surface area (Å²) in [5, 5.41) is 2.97. The molecule has 0 aromatic carbocycles. The van der Waals surface area contributed by atoms with Gasteiger partial charge in [0.1, 0.15) is 5.56 Å². The lowest BCUT2D eigenvalue weighted by Crippen LogP contribution is -2.38. The molecule has 22 heavy (non-hydrogen) atoms. The molecule has 2 aliphatic carbocycles. The number of hydrogen-bond donors (Lipinski definition) is 2. The fourth-order valence-electron chi connectivity index (χ4n) is 3.43. The lowest BCUT2D eigenvalue weighted by atomic mass is 9.93. The molecule has 1 aromatic heterocycles. The Morgan fingerprint density at radius 2 is 1.77 bits per heavy atom. The van der Waals surface area contributed by atoms with E-state index in [-0.39, 0.29) is 28.9 Å². The van der Waals surface area contributed by atoms with E-state index in [0.717, 1.165) is 32.1 Å². The quantitative estimate of drug-likeness (QED) is 0.823. The maximum absolute atomic E-state index is 12.4. The molecule has 118 valence electrons. The molecule has 2 aliphatic rings. The number of aromatic amines is 1. The normalized spacial score (nSPS) is 19.4. The summed E-state index contributed by atoms with van der Waals surface area (Å²) in [6.07, 6.45) is 8.52. The Labute approximate surface area is 129 Å². The van der Waals surface area contributed by atoms with Crippen LogP contribution in [-0.2, 0) is 6.42 Å².